The Bertz CT molecular complexity index is 618. The minimum absolute atomic E-state index is 0.118. The molecule has 2 aliphatic rings. The van der Waals surface area contributed by atoms with Gasteiger partial charge in [0.15, 0.2) is 5.11 Å². The van der Waals surface area contributed by atoms with E-state index in [-0.39, 0.29) is 17.2 Å². The van der Waals surface area contributed by atoms with Gasteiger partial charge in [-0.05, 0) is 12.2 Å². The maximum Gasteiger partial charge on any atom is 0.258 e. The molecule has 0 saturated carbocycles. The van der Waals surface area contributed by atoms with Gasteiger partial charge in [0.1, 0.15) is 0 Å². The largest absolute Gasteiger partial charge is 0.363 e. The van der Waals surface area contributed by atoms with Crippen molar-refractivity contribution in [2.24, 2.45) is 0 Å². The van der Waals surface area contributed by atoms with Crippen LogP contribution < -0.4 is 5.32 Å². The Morgan fingerprint density at radius 3 is 2.79 bits per heavy atom. The van der Waals surface area contributed by atoms with E-state index in [1.807, 2.05) is 0 Å². The Morgan fingerprint density at radius 1 is 1.42 bits per heavy atom. The number of nitrogens with one attached hydrogen (secondary N) is 1. The third-order valence-electron chi connectivity index (χ3n) is 3.62. The maximum atomic E-state index is 12.5. The van der Waals surface area contributed by atoms with Gasteiger partial charge in [-0.1, -0.05) is 30.3 Å². The van der Waals surface area contributed by atoms with Gasteiger partial charge in [0.25, 0.3) is 5.72 Å². The number of nitrogens with zero attached hydrogens (tertiary/aromatic N) is 1. The first-order valence-corrected chi connectivity index (χ1v) is 6.17. The topological polar surface area (TPSA) is 72.8 Å². The number of hydrogen-bond acceptors (Lipinski definition) is 4. The van der Waals surface area contributed by atoms with E-state index in [0.29, 0.717) is 5.56 Å². The molecule has 0 radical (unpaired) electrons. The summed E-state index contributed by atoms with van der Waals surface area (Å²) in [5.41, 5.74) is -3.42. The molecule has 0 aromatic heterocycles. The van der Waals surface area contributed by atoms with E-state index in [1.54, 1.807) is 24.3 Å². The lowest BCUT2D eigenvalue weighted by atomic mass is 10.00. The van der Waals surface area contributed by atoms with Gasteiger partial charge in [-0.15, -0.1) is 6.58 Å². The van der Waals surface area contributed by atoms with Crippen LogP contribution in [0.4, 0.5) is 0 Å². The lowest BCUT2D eigenvalue weighted by Gasteiger charge is -2.34. The molecular weight excluding hydrogens is 264 g/mol. The summed E-state index contributed by atoms with van der Waals surface area (Å²) >= 11 is 5.08. The van der Waals surface area contributed by atoms with Crippen LogP contribution in [-0.4, -0.2) is 38.3 Å². The number of fused-ring (bicyclic) bond motifs is 3. The highest BCUT2D eigenvalue weighted by atomic mass is 32.1. The fourth-order valence-corrected chi connectivity index (χ4v) is 3.08. The number of benzene rings is 1. The highest BCUT2D eigenvalue weighted by molar-refractivity contribution is 7.80. The zero-order valence-corrected chi connectivity index (χ0v) is 10.8. The van der Waals surface area contributed by atoms with Crippen LogP contribution in [0.15, 0.2) is 36.9 Å². The van der Waals surface area contributed by atoms with Gasteiger partial charge in [0.2, 0.25) is 11.5 Å². The third kappa shape index (κ3) is 1.21. The van der Waals surface area contributed by atoms with Crippen LogP contribution in [0.25, 0.3) is 0 Å². The minimum atomic E-state index is -2.12. The van der Waals surface area contributed by atoms with Gasteiger partial charge >= 0.3 is 0 Å². The molecule has 1 heterocycles. The lowest BCUT2D eigenvalue weighted by molar-refractivity contribution is -0.161. The predicted octanol–water partition coefficient (Wildman–Crippen LogP) is 0.0927. The van der Waals surface area contributed by atoms with Crippen LogP contribution in [-0.2, 0) is 5.72 Å². The molecule has 1 aliphatic carbocycles. The molecule has 1 saturated heterocycles. The number of rotatable bonds is 2. The molecule has 19 heavy (non-hydrogen) atoms. The van der Waals surface area contributed by atoms with Crippen LogP contribution >= 0.6 is 12.2 Å². The molecule has 1 aliphatic heterocycles. The van der Waals surface area contributed by atoms with E-state index < -0.39 is 17.2 Å². The van der Waals surface area contributed by atoms with Gasteiger partial charge in [-0.25, -0.2) is 0 Å². The number of carbonyl (C=O) groups excluding carboxylic acids is 1. The van der Waals surface area contributed by atoms with Crippen LogP contribution in [0.1, 0.15) is 15.9 Å². The zero-order chi connectivity index (χ0) is 13.8. The van der Waals surface area contributed by atoms with Crippen molar-refractivity contribution in [1.29, 1.82) is 0 Å². The number of ketones is 1. The monoisotopic (exact) mass is 276 g/mol. The van der Waals surface area contributed by atoms with E-state index in [1.165, 1.54) is 11.0 Å². The van der Waals surface area contributed by atoms with E-state index in [0.717, 1.165) is 0 Å². The molecule has 1 aromatic carbocycles. The quantitative estimate of drug-likeness (QED) is 0.525. The van der Waals surface area contributed by atoms with Crippen LogP contribution in [0.2, 0.25) is 0 Å². The van der Waals surface area contributed by atoms with E-state index in [4.69, 9.17) is 12.2 Å². The summed E-state index contributed by atoms with van der Waals surface area (Å²) in [6, 6.07) is 6.54. The number of Topliss-reactive ketones (excluding diaryl/α,β-unsaturated/α-hetero) is 1. The first-order chi connectivity index (χ1) is 8.96. The molecule has 0 bridgehead atoms. The summed E-state index contributed by atoms with van der Waals surface area (Å²) in [5.74, 6) is -0.570. The minimum Gasteiger partial charge on any atom is -0.363 e. The van der Waals surface area contributed by atoms with Gasteiger partial charge in [0.05, 0.1) is 0 Å². The van der Waals surface area contributed by atoms with Crippen molar-refractivity contribution in [1.82, 2.24) is 10.2 Å². The fraction of sp³-hybridized carbons (Fsp3) is 0.231. The molecular formula is C13H12N2O3S. The molecule has 0 amide bonds. The molecule has 1 aromatic rings. The Hall–Kier alpha value is -1.76. The summed E-state index contributed by atoms with van der Waals surface area (Å²) in [6.45, 7) is 3.72. The van der Waals surface area contributed by atoms with Crippen LogP contribution in [0.3, 0.4) is 0 Å². The first kappa shape index (κ1) is 12.3. The fourth-order valence-electron chi connectivity index (χ4n) is 2.72. The zero-order valence-electron chi connectivity index (χ0n) is 9.96. The highest BCUT2D eigenvalue weighted by Crippen LogP contribution is 2.47. The van der Waals surface area contributed by atoms with Gasteiger partial charge in [0, 0.05) is 17.7 Å². The molecule has 98 valence electrons. The lowest BCUT2D eigenvalue weighted by Crippen LogP contribution is -2.59. The van der Waals surface area contributed by atoms with Crippen molar-refractivity contribution in [3.05, 3.63) is 48.0 Å². The number of carbonyl (C=O) groups is 1. The SMILES string of the molecule is C=CCN1C(=S)N[C@]2(O)c3ccccc3C(=O)[C@]12O. The highest BCUT2D eigenvalue weighted by Gasteiger charge is 2.70. The van der Waals surface area contributed by atoms with E-state index in [9.17, 15) is 15.0 Å². The molecule has 1 fully saturated rings. The molecule has 0 unspecified atom stereocenters. The third-order valence-corrected chi connectivity index (χ3v) is 3.94. The number of hydrogen-bond donors (Lipinski definition) is 3. The smallest absolute Gasteiger partial charge is 0.258 e. The van der Waals surface area contributed by atoms with Gasteiger partial charge < -0.3 is 20.4 Å². The molecule has 5 nitrogen and oxygen atoms in total. The summed E-state index contributed by atoms with van der Waals surface area (Å²) in [5, 5.41) is 24.3. The van der Waals surface area contributed by atoms with Crippen molar-refractivity contribution < 1.29 is 15.0 Å². The second-order valence-corrected chi connectivity index (χ2v) is 4.97. The second-order valence-electron chi connectivity index (χ2n) is 4.59. The molecule has 6 heteroatoms. The van der Waals surface area contributed by atoms with Crippen molar-refractivity contribution in [2.75, 3.05) is 6.54 Å². The summed E-state index contributed by atoms with van der Waals surface area (Å²) in [7, 11) is 0. The Kier molecular flexibility index (Phi) is 2.35. The average Bonchev–Trinajstić information content (AvgIpc) is 2.69. The summed E-state index contributed by atoms with van der Waals surface area (Å²) < 4.78 is 0. The molecule has 3 N–H and O–H groups in total. The van der Waals surface area contributed by atoms with Crippen LogP contribution in [0.5, 0.6) is 0 Å². The Morgan fingerprint density at radius 2 is 2.11 bits per heavy atom. The van der Waals surface area contributed by atoms with Crippen molar-refractivity contribution in [2.45, 2.75) is 11.4 Å². The van der Waals surface area contributed by atoms with Crippen molar-refractivity contribution >= 4 is 23.1 Å². The van der Waals surface area contributed by atoms with Gasteiger partial charge in [-0.2, -0.15) is 0 Å². The predicted molar refractivity (Wildman–Crippen MR) is 72.3 cm³/mol. The molecule has 3 rings (SSSR count). The summed E-state index contributed by atoms with van der Waals surface area (Å²) in [4.78, 5) is 13.7. The molecule has 0 spiro atoms. The second kappa shape index (κ2) is 3.63. The molecule has 2 atom stereocenters. The number of aliphatic hydroxyl groups is 2. The Balaban J connectivity index is 2.25. The summed E-state index contributed by atoms with van der Waals surface area (Å²) in [6.07, 6.45) is 1.51. The van der Waals surface area contributed by atoms with E-state index in [2.05, 4.69) is 11.9 Å². The van der Waals surface area contributed by atoms with Crippen molar-refractivity contribution in [3.8, 4) is 0 Å². The number of thiocarbonyl (C=S) groups is 1. The van der Waals surface area contributed by atoms with E-state index >= 15 is 0 Å². The van der Waals surface area contributed by atoms with Gasteiger partial charge in [-0.3, -0.25) is 4.79 Å². The van der Waals surface area contributed by atoms with Crippen molar-refractivity contribution in [3.63, 3.8) is 0 Å². The maximum absolute atomic E-state index is 12.5. The Labute approximate surface area is 115 Å². The normalized spacial score (nSPS) is 32.0. The average molecular weight is 276 g/mol. The van der Waals surface area contributed by atoms with Crippen LogP contribution in [0, 0.1) is 0 Å². The standard InChI is InChI=1S/C13H12N2O3S/c1-2-7-15-11(19)14-12(17)9-6-4-3-5-8(9)10(16)13(12,15)18/h2-6,17-18H,1,7H2,(H,14,19)/t12-,13+/m0/s1. The first-order valence-electron chi connectivity index (χ1n) is 5.76.